The van der Waals surface area contributed by atoms with Crippen molar-refractivity contribution in [2.45, 2.75) is 37.8 Å². The number of amides is 3. The van der Waals surface area contributed by atoms with E-state index in [1.54, 1.807) is 24.3 Å². The molecule has 5 N–H and O–H groups in total. The van der Waals surface area contributed by atoms with Crippen molar-refractivity contribution >= 4 is 23.4 Å². The molecule has 0 saturated carbocycles. The zero-order valence-corrected chi connectivity index (χ0v) is 22.8. The Morgan fingerprint density at radius 3 is 2.05 bits per heavy atom. The Labute approximate surface area is 239 Å². The van der Waals surface area contributed by atoms with Crippen molar-refractivity contribution in [3.63, 3.8) is 0 Å². The van der Waals surface area contributed by atoms with Gasteiger partial charge in [-0.2, -0.15) is 0 Å². The van der Waals surface area contributed by atoms with Crippen molar-refractivity contribution in [3.05, 3.63) is 101 Å². The number of carbonyl (C=O) groups is 3. The predicted molar refractivity (Wildman–Crippen MR) is 155 cm³/mol. The van der Waals surface area contributed by atoms with Crippen LogP contribution in [-0.4, -0.2) is 64.7 Å². The molecule has 0 spiro atoms. The maximum absolute atomic E-state index is 12.6. The Hall–Kier alpha value is -4.49. The molecule has 1 saturated heterocycles. The summed E-state index contributed by atoms with van der Waals surface area (Å²) in [6.45, 7) is 3.49. The van der Waals surface area contributed by atoms with Crippen LogP contribution in [0.2, 0.25) is 0 Å². The summed E-state index contributed by atoms with van der Waals surface area (Å²) in [5, 5.41) is 23.8. The average Bonchev–Trinajstić information content (AvgIpc) is 3.00. The first-order chi connectivity index (χ1) is 19.8. The molecule has 1 aliphatic rings. The van der Waals surface area contributed by atoms with E-state index in [9.17, 15) is 19.5 Å². The number of aliphatic hydroxyl groups excluding tert-OH is 1. The van der Waals surface area contributed by atoms with E-state index in [1.807, 2.05) is 30.3 Å². The molecule has 2 atom stereocenters. The Kier molecular flexibility index (Phi) is 10.2. The van der Waals surface area contributed by atoms with Gasteiger partial charge in [0.1, 0.15) is 6.04 Å². The van der Waals surface area contributed by atoms with Crippen molar-refractivity contribution in [1.82, 2.24) is 15.7 Å². The highest BCUT2D eigenvalue weighted by Gasteiger charge is 2.26. The SMILES string of the molecule is CC(O)C(NC(=O)c1ccc(C#Cc2ccc(NC(=O)CN3CCC(c4ccccc4)CC3)cc2)cc1)C(=O)NO. The monoisotopic (exact) mass is 554 g/mol. The fourth-order valence-electron chi connectivity index (χ4n) is 4.74. The van der Waals surface area contributed by atoms with E-state index in [0.717, 1.165) is 31.5 Å². The Morgan fingerprint density at radius 2 is 1.49 bits per heavy atom. The highest BCUT2D eigenvalue weighted by molar-refractivity contribution is 5.97. The number of hydroxylamine groups is 1. The molecule has 1 aliphatic heterocycles. The zero-order valence-electron chi connectivity index (χ0n) is 22.8. The van der Waals surface area contributed by atoms with Crippen molar-refractivity contribution in [2.75, 3.05) is 25.0 Å². The van der Waals surface area contributed by atoms with Gasteiger partial charge in [-0.05, 0) is 92.9 Å². The van der Waals surface area contributed by atoms with Crippen LogP contribution in [0.5, 0.6) is 0 Å². The first-order valence-corrected chi connectivity index (χ1v) is 13.5. The minimum absolute atomic E-state index is 0.0390. The van der Waals surface area contributed by atoms with Crippen molar-refractivity contribution in [3.8, 4) is 11.8 Å². The van der Waals surface area contributed by atoms with Gasteiger partial charge in [0.25, 0.3) is 11.8 Å². The largest absolute Gasteiger partial charge is 0.391 e. The second-order valence-electron chi connectivity index (χ2n) is 10.1. The molecule has 0 aromatic heterocycles. The summed E-state index contributed by atoms with van der Waals surface area (Å²) >= 11 is 0. The molecule has 9 nitrogen and oxygen atoms in total. The molecule has 0 aliphatic carbocycles. The molecule has 41 heavy (non-hydrogen) atoms. The number of piperidine rings is 1. The number of likely N-dealkylation sites (tertiary alicyclic amines) is 1. The third-order valence-electron chi connectivity index (χ3n) is 7.05. The lowest BCUT2D eigenvalue weighted by molar-refractivity contribution is -0.133. The molecular formula is C32H34N4O5. The van der Waals surface area contributed by atoms with Gasteiger partial charge < -0.3 is 15.7 Å². The lowest BCUT2D eigenvalue weighted by Gasteiger charge is -2.31. The second kappa shape index (κ2) is 14.2. The van der Waals surface area contributed by atoms with Crippen LogP contribution in [0.3, 0.4) is 0 Å². The van der Waals surface area contributed by atoms with Gasteiger partial charge in [-0.15, -0.1) is 0 Å². The molecule has 0 bridgehead atoms. The minimum atomic E-state index is -1.29. The van der Waals surface area contributed by atoms with Gasteiger partial charge in [0.2, 0.25) is 5.91 Å². The van der Waals surface area contributed by atoms with Gasteiger partial charge in [-0.25, -0.2) is 5.48 Å². The highest BCUT2D eigenvalue weighted by Crippen LogP contribution is 2.27. The Bertz CT molecular complexity index is 1390. The van der Waals surface area contributed by atoms with E-state index in [-0.39, 0.29) is 11.5 Å². The van der Waals surface area contributed by atoms with Crippen LogP contribution in [0.25, 0.3) is 0 Å². The van der Waals surface area contributed by atoms with Crippen LogP contribution in [0.4, 0.5) is 5.69 Å². The summed E-state index contributed by atoms with van der Waals surface area (Å²) in [6.07, 6.45) is 0.903. The van der Waals surface area contributed by atoms with Crippen LogP contribution in [0.1, 0.15) is 52.7 Å². The van der Waals surface area contributed by atoms with Gasteiger partial charge in [0, 0.05) is 22.4 Å². The number of nitrogens with zero attached hydrogens (tertiary/aromatic N) is 1. The Morgan fingerprint density at radius 1 is 0.902 bits per heavy atom. The normalized spacial score (nSPS) is 15.1. The highest BCUT2D eigenvalue weighted by atomic mass is 16.5. The van der Waals surface area contributed by atoms with E-state index in [1.165, 1.54) is 18.0 Å². The maximum atomic E-state index is 12.6. The van der Waals surface area contributed by atoms with E-state index in [0.29, 0.717) is 23.7 Å². The first-order valence-electron chi connectivity index (χ1n) is 13.5. The van der Waals surface area contributed by atoms with Gasteiger partial charge in [-0.3, -0.25) is 24.5 Å². The molecule has 9 heteroatoms. The topological polar surface area (TPSA) is 131 Å². The predicted octanol–water partition coefficient (Wildman–Crippen LogP) is 2.89. The van der Waals surface area contributed by atoms with Gasteiger partial charge >= 0.3 is 0 Å². The number of aliphatic hydroxyl groups is 1. The van der Waals surface area contributed by atoms with Crippen molar-refractivity contribution < 1.29 is 24.7 Å². The number of hydrogen-bond acceptors (Lipinski definition) is 6. The second-order valence-corrected chi connectivity index (χ2v) is 10.1. The molecular weight excluding hydrogens is 520 g/mol. The maximum Gasteiger partial charge on any atom is 0.268 e. The summed E-state index contributed by atoms with van der Waals surface area (Å²) < 4.78 is 0. The summed E-state index contributed by atoms with van der Waals surface area (Å²) in [4.78, 5) is 38.8. The van der Waals surface area contributed by atoms with Crippen LogP contribution in [0, 0.1) is 11.8 Å². The fraction of sp³-hybridized carbons (Fsp3) is 0.281. The first kappa shape index (κ1) is 29.5. The number of anilines is 1. The number of rotatable bonds is 8. The molecule has 1 fully saturated rings. The number of nitrogens with one attached hydrogen (secondary N) is 3. The summed E-state index contributed by atoms with van der Waals surface area (Å²) in [5.41, 5.74) is 5.22. The van der Waals surface area contributed by atoms with Gasteiger partial charge in [0.05, 0.1) is 12.6 Å². The molecule has 2 unspecified atom stereocenters. The van der Waals surface area contributed by atoms with Crippen molar-refractivity contribution in [1.29, 1.82) is 0 Å². The molecule has 212 valence electrons. The number of carbonyl (C=O) groups excluding carboxylic acids is 3. The minimum Gasteiger partial charge on any atom is -0.391 e. The lowest BCUT2D eigenvalue weighted by Crippen LogP contribution is -2.51. The molecule has 0 radical (unpaired) electrons. The van der Waals surface area contributed by atoms with E-state index in [4.69, 9.17) is 5.21 Å². The summed E-state index contributed by atoms with van der Waals surface area (Å²) in [5.74, 6) is 5.11. The smallest absolute Gasteiger partial charge is 0.268 e. The van der Waals surface area contributed by atoms with Gasteiger partial charge in [0.15, 0.2) is 0 Å². The van der Waals surface area contributed by atoms with E-state index >= 15 is 0 Å². The lowest BCUT2D eigenvalue weighted by atomic mass is 9.89. The Balaban J connectivity index is 1.25. The molecule has 3 amide bonds. The van der Waals surface area contributed by atoms with Crippen LogP contribution >= 0.6 is 0 Å². The van der Waals surface area contributed by atoms with E-state index < -0.39 is 24.0 Å². The molecule has 4 rings (SSSR count). The van der Waals surface area contributed by atoms with Crippen LogP contribution in [0.15, 0.2) is 78.9 Å². The quantitative estimate of drug-likeness (QED) is 0.165. The third kappa shape index (κ3) is 8.50. The number of hydrogen-bond donors (Lipinski definition) is 5. The van der Waals surface area contributed by atoms with Crippen molar-refractivity contribution in [2.24, 2.45) is 0 Å². The van der Waals surface area contributed by atoms with Crippen LogP contribution < -0.4 is 16.1 Å². The summed E-state index contributed by atoms with van der Waals surface area (Å²) in [6, 6.07) is 23.0. The fourth-order valence-corrected chi connectivity index (χ4v) is 4.74. The summed E-state index contributed by atoms with van der Waals surface area (Å²) in [7, 11) is 0. The molecule has 3 aromatic carbocycles. The molecule has 1 heterocycles. The van der Waals surface area contributed by atoms with E-state index in [2.05, 4.69) is 51.6 Å². The van der Waals surface area contributed by atoms with Gasteiger partial charge in [-0.1, -0.05) is 42.2 Å². The standard InChI is InChI=1S/C32H34N4O5/c1-22(37)30(32(40)35-41)34-31(39)27-13-9-23(10-14-27)7-8-24-11-15-28(16-12-24)33-29(38)21-36-19-17-26(18-20-36)25-5-3-2-4-6-25/h2-6,9-16,22,26,30,37,41H,17-21H2,1H3,(H,33,38)(H,34,39)(H,35,40). The average molecular weight is 555 g/mol. The molecule has 3 aromatic rings. The van der Waals surface area contributed by atoms with Crippen LogP contribution in [-0.2, 0) is 9.59 Å². The zero-order chi connectivity index (χ0) is 29.2. The third-order valence-corrected chi connectivity index (χ3v) is 7.05. The number of benzene rings is 3.